The Morgan fingerprint density at radius 1 is 1.09 bits per heavy atom. The molecule has 0 atom stereocenters. The zero-order valence-electron chi connectivity index (χ0n) is 13.0. The molecular formula is C18H17NO4. The molecule has 0 fully saturated rings. The highest BCUT2D eigenvalue weighted by Gasteiger charge is 2.13. The second-order valence-electron chi connectivity index (χ2n) is 5.00. The Labute approximate surface area is 133 Å². The summed E-state index contributed by atoms with van der Waals surface area (Å²) in [5.41, 5.74) is 2.51. The van der Waals surface area contributed by atoms with Crippen molar-refractivity contribution in [3.8, 4) is 17.2 Å². The van der Waals surface area contributed by atoms with Crippen LogP contribution in [-0.4, -0.2) is 25.5 Å². The van der Waals surface area contributed by atoms with Gasteiger partial charge in [-0.15, -0.1) is 0 Å². The summed E-state index contributed by atoms with van der Waals surface area (Å²) in [6.45, 7) is 0.405. The smallest absolute Gasteiger partial charge is 0.157 e. The fraction of sp³-hybridized carbons (Fsp3) is 0.167. The van der Waals surface area contributed by atoms with Crippen LogP contribution in [0.3, 0.4) is 0 Å². The van der Waals surface area contributed by atoms with Gasteiger partial charge in [-0.1, -0.05) is 12.1 Å². The summed E-state index contributed by atoms with van der Waals surface area (Å²) in [6, 6.07) is 11.4. The summed E-state index contributed by atoms with van der Waals surface area (Å²) in [7, 11) is 3.01. The third kappa shape index (κ3) is 2.85. The standard InChI is InChI=1S/C18H17NO4/c1-21-17-8-13(9-18(22-2)15(17)10-20)23-11-12-4-3-5-16-14(12)6-7-19-16/h3-10,19H,11H2,1-2H3. The molecule has 0 saturated carbocycles. The fourth-order valence-corrected chi connectivity index (χ4v) is 2.55. The highest BCUT2D eigenvalue weighted by Crippen LogP contribution is 2.33. The number of benzene rings is 2. The Kier molecular flexibility index (Phi) is 4.19. The van der Waals surface area contributed by atoms with Crippen LogP contribution in [0.4, 0.5) is 0 Å². The number of H-pyrrole nitrogens is 1. The number of carbonyl (C=O) groups is 1. The highest BCUT2D eigenvalue weighted by atomic mass is 16.5. The first-order chi connectivity index (χ1) is 11.3. The first-order valence-electron chi connectivity index (χ1n) is 7.15. The van der Waals surface area contributed by atoms with E-state index in [2.05, 4.69) is 4.98 Å². The lowest BCUT2D eigenvalue weighted by molar-refractivity contribution is 0.111. The minimum atomic E-state index is 0.370. The monoisotopic (exact) mass is 311 g/mol. The van der Waals surface area contributed by atoms with Crippen molar-refractivity contribution in [1.82, 2.24) is 4.98 Å². The van der Waals surface area contributed by atoms with Gasteiger partial charge in [0.05, 0.1) is 19.8 Å². The largest absolute Gasteiger partial charge is 0.496 e. The molecule has 0 unspecified atom stereocenters. The molecule has 0 radical (unpaired) electrons. The Morgan fingerprint density at radius 2 is 1.83 bits per heavy atom. The van der Waals surface area contributed by atoms with Crippen molar-refractivity contribution in [2.45, 2.75) is 6.61 Å². The van der Waals surface area contributed by atoms with E-state index >= 15 is 0 Å². The second kappa shape index (κ2) is 6.44. The van der Waals surface area contributed by atoms with E-state index in [0.29, 0.717) is 35.7 Å². The molecule has 0 spiro atoms. The molecule has 1 aromatic heterocycles. The first-order valence-corrected chi connectivity index (χ1v) is 7.15. The number of rotatable bonds is 6. The molecule has 5 nitrogen and oxygen atoms in total. The molecule has 3 aromatic rings. The van der Waals surface area contributed by atoms with Gasteiger partial charge in [-0.2, -0.15) is 0 Å². The van der Waals surface area contributed by atoms with E-state index in [0.717, 1.165) is 16.5 Å². The average molecular weight is 311 g/mol. The molecule has 118 valence electrons. The van der Waals surface area contributed by atoms with E-state index in [1.807, 2.05) is 30.5 Å². The van der Waals surface area contributed by atoms with Crippen molar-refractivity contribution in [2.75, 3.05) is 14.2 Å². The number of methoxy groups -OCH3 is 2. The third-order valence-corrected chi connectivity index (χ3v) is 3.71. The Bertz CT molecular complexity index is 813. The number of ether oxygens (including phenoxy) is 3. The second-order valence-corrected chi connectivity index (χ2v) is 5.00. The number of aromatic nitrogens is 1. The fourth-order valence-electron chi connectivity index (χ4n) is 2.55. The lowest BCUT2D eigenvalue weighted by Crippen LogP contribution is -2.00. The van der Waals surface area contributed by atoms with E-state index in [-0.39, 0.29) is 0 Å². The number of aldehydes is 1. The molecule has 1 heterocycles. The van der Waals surface area contributed by atoms with Gasteiger partial charge >= 0.3 is 0 Å². The molecule has 0 aliphatic rings. The number of nitrogens with one attached hydrogen (secondary N) is 1. The number of hydrogen-bond donors (Lipinski definition) is 1. The van der Waals surface area contributed by atoms with Gasteiger partial charge in [0.15, 0.2) is 6.29 Å². The van der Waals surface area contributed by atoms with Gasteiger partial charge in [-0.05, 0) is 17.7 Å². The number of hydrogen-bond acceptors (Lipinski definition) is 4. The third-order valence-electron chi connectivity index (χ3n) is 3.71. The molecule has 0 bridgehead atoms. The van der Waals surface area contributed by atoms with Crippen molar-refractivity contribution < 1.29 is 19.0 Å². The van der Waals surface area contributed by atoms with Gasteiger partial charge in [0.2, 0.25) is 0 Å². The quantitative estimate of drug-likeness (QED) is 0.707. The lowest BCUT2D eigenvalue weighted by atomic mass is 10.1. The summed E-state index contributed by atoms with van der Waals surface area (Å²) in [5, 5.41) is 1.12. The van der Waals surface area contributed by atoms with Gasteiger partial charge in [-0.3, -0.25) is 4.79 Å². The van der Waals surface area contributed by atoms with Crippen molar-refractivity contribution in [2.24, 2.45) is 0 Å². The van der Waals surface area contributed by atoms with Gasteiger partial charge in [-0.25, -0.2) is 0 Å². The summed E-state index contributed by atoms with van der Waals surface area (Å²) < 4.78 is 16.3. The normalized spacial score (nSPS) is 10.5. The van der Waals surface area contributed by atoms with Crippen LogP contribution in [0.5, 0.6) is 17.2 Å². The first kappa shape index (κ1) is 15.0. The Balaban J connectivity index is 1.88. The molecule has 23 heavy (non-hydrogen) atoms. The van der Waals surface area contributed by atoms with Gasteiger partial charge in [0.25, 0.3) is 0 Å². The minimum absolute atomic E-state index is 0.370. The summed E-state index contributed by atoms with van der Waals surface area (Å²) in [6.07, 6.45) is 2.61. The van der Waals surface area contributed by atoms with Crippen molar-refractivity contribution in [3.05, 3.63) is 53.7 Å². The predicted octanol–water partition coefficient (Wildman–Crippen LogP) is 3.58. The molecule has 3 rings (SSSR count). The van der Waals surface area contributed by atoms with Gasteiger partial charge in [0, 0.05) is 29.2 Å². The van der Waals surface area contributed by atoms with Crippen molar-refractivity contribution in [1.29, 1.82) is 0 Å². The van der Waals surface area contributed by atoms with Gasteiger partial charge < -0.3 is 19.2 Å². The minimum Gasteiger partial charge on any atom is -0.496 e. The zero-order valence-corrected chi connectivity index (χ0v) is 13.0. The predicted molar refractivity (Wildman–Crippen MR) is 87.6 cm³/mol. The van der Waals surface area contributed by atoms with Gasteiger partial charge in [0.1, 0.15) is 23.9 Å². The van der Waals surface area contributed by atoms with Crippen LogP contribution in [0.15, 0.2) is 42.6 Å². The maximum Gasteiger partial charge on any atom is 0.157 e. The summed E-state index contributed by atoms with van der Waals surface area (Å²) in [4.78, 5) is 14.3. The van der Waals surface area contributed by atoms with Crippen LogP contribution in [0.2, 0.25) is 0 Å². The maximum atomic E-state index is 11.2. The SMILES string of the molecule is COc1cc(OCc2cccc3[nH]ccc23)cc(OC)c1C=O. The van der Waals surface area contributed by atoms with E-state index in [9.17, 15) is 4.79 Å². The van der Waals surface area contributed by atoms with Crippen molar-refractivity contribution >= 4 is 17.2 Å². The molecule has 0 aliphatic carbocycles. The average Bonchev–Trinajstić information content (AvgIpc) is 3.08. The zero-order chi connectivity index (χ0) is 16.2. The molecule has 0 aliphatic heterocycles. The van der Waals surface area contributed by atoms with E-state index in [1.54, 1.807) is 12.1 Å². The van der Waals surface area contributed by atoms with Crippen LogP contribution in [0.25, 0.3) is 10.9 Å². The Morgan fingerprint density at radius 3 is 2.48 bits per heavy atom. The van der Waals surface area contributed by atoms with E-state index < -0.39 is 0 Å². The van der Waals surface area contributed by atoms with Crippen LogP contribution in [0.1, 0.15) is 15.9 Å². The number of aromatic amines is 1. The van der Waals surface area contributed by atoms with Crippen LogP contribution in [-0.2, 0) is 6.61 Å². The molecule has 5 heteroatoms. The highest BCUT2D eigenvalue weighted by molar-refractivity contribution is 5.84. The molecular weight excluding hydrogens is 294 g/mol. The molecule has 2 aromatic carbocycles. The molecule has 1 N–H and O–H groups in total. The number of carbonyl (C=O) groups excluding carboxylic acids is 1. The molecule has 0 amide bonds. The summed E-state index contributed by atoms with van der Waals surface area (Å²) >= 11 is 0. The van der Waals surface area contributed by atoms with E-state index in [4.69, 9.17) is 14.2 Å². The van der Waals surface area contributed by atoms with Crippen LogP contribution < -0.4 is 14.2 Å². The topological polar surface area (TPSA) is 60.6 Å². The van der Waals surface area contributed by atoms with Crippen LogP contribution >= 0.6 is 0 Å². The summed E-state index contributed by atoms with van der Waals surface area (Å²) in [5.74, 6) is 1.43. The van der Waals surface area contributed by atoms with E-state index in [1.165, 1.54) is 14.2 Å². The van der Waals surface area contributed by atoms with Crippen molar-refractivity contribution in [3.63, 3.8) is 0 Å². The van der Waals surface area contributed by atoms with Crippen LogP contribution in [0, 0.1) is 0 Å². The number of fused-ring (bicyclic) bond motifs is 1. The maximum absolute atomic E-state index is 11.2. The lowest BCUT2D eigenvalue weighted by Gasteiger charge is -2.13. The Hall–Kier alpha value is -2.95. The molecule has 0 saturated heterocycles.